The van der Waals surface area contributed by atoms with Gasteiger partial charge in [0.15, 0.2) is 6.29 Å². The number of allylic oxidation sites excluding steroid dienone is 13. The van der Waals surface area contributed by atoms with E-state index >= 15 is 0 Å². The van der Waals surface area contributed by atoms with Crippen LogP contribution in [-0.4, -0.2) is 89.6 Å². The van der Waals surface area contributed by atoms with Gasteiger partial charge in [-0.1, -0.05) is 545 Å². The highest BCUT2D eigenvalue weighted by Gasteiger charge is 2.47. The summed E-state index contributed by atoms with van der Waals surface area (Å²) in [6.07, 6.45) is 117. The number of unbranched alkanes of at least 4 members (excludes halogenated alkanes) is 63. The molecule has 1 saturated heterocycles. The standard InChI is InChI=1S/C126H235O12P/c1-13-15-17-19-21-23-25-27-29-31-32-33-34-35-36-40-47-53-59-65-71-77-101-118(125(131)135-107-121-122(128)123(129)124(130)126(137-121)138-139(132,133)136-105-104-114(10)97-85-96-113(9)95-84-94-112(8)93-83-92-111(7)91-82-90-110(6)89-81-88-109(5)87-80-86-108(3)4)119(127)102-78-72-66-60-54-48-41-37-39-45-51-57-63-69-75-99-116-106-117(116)100-76-70-64-58-52-46-42-43-49-55-61-67-73-79-103-120(134-12)115(11)98-74-68-62-56-50-44-38-30-28-26-24-22-20-18-16-14-2/h86,88,90,92,94,96,104,115-124,126-130H,13-85,87,89,91,93,95,97-103,105-107H2,1-12H3,(H,132,133)/p-1/b109-88+,110-90+,111-92+,112-94+,113-96+,114-104+/t115?,116?,117?,118?,119-,120?,121-,122-,123+,124+,126-/m1/s1. The predicted molar refractivity (Wildman–Crippen MR) is 599 cm³/mol. The molecule has 13 heteroatoms. The fourth-order valence-electron chi connectivity index (χ4n) is 21.2. The monoisotopic (exact) mass is 1970 g/mol. The Hall–Kier alpha value is -2.48. The minimum Gasteiger partial charge on any atom is -0.756 e. The van der Waals surface area contributed by atoms with Crippen LogP contribution in [0, 0.1) is 23.7 Å². The van der Waals surface area contributed by atoms with Crippen LogP contribution in [0.4, 0.5) is 0 Å². The maximum absolute atomic E-state index is 14.1. The number of methoxy groups -OCH3 is 1. The molecule has 4 N–H and O–H groups in total. The number of phosphoric ester groups is 1. The van der Waals surface area contributed by atoms with Crippen molar-refractivity contribution in [2.24, 2.45) is 23.7 Å². The van der Waals surface area contributed by atoms with Crippen LogP contribution in [0.15, 0.2) is 81.5 Å². The number of hydrogen-bond acceptors (Lipinski definition) is 12. The first-order chi connectivity index (χ1) is 67.6. The van der Waals surface area contributed by atoms with E-state index in [0.29, 0.717) is 31.3 Å². The molecule has 1 aliphatic heterocycles. The molecule has 1 aliphatic carbocycles. The minimum atomic E-state index is -5.11. The number of hydrogen-bond donors (Lipinski definition) is 4. The lowest BCUT2D eigenvalue weighted by Gasteiger charge is -2.41. The maximum Gasteiger partial charge on any atom is 0.311 e. The van der Waals surface area contributed by atoms with Crippen molar-refractivity contribution in [2.75, 3.05) is 20.3 Å². The van der Waals surface area contributed by atoms with Crippen LogP contribution in [0.2, 0.25) is 0 Å². The van der Waals surface area contributed by atoms with E-state index in [-0.39, 0.29) is 6.61 Å². The average Bonchev–Trinajstić information content (AvgIpc) is 1.45. The average molecular weight is 1970 g/mol. The molecule has 0 aromatic rings. The lowest BCUT2D eigenvalue weighted by atomic mass is 9.91. The third-order valence-corrected chi connectivity index (χ3v) is 32.2. The summed E-state index contributed by atoms with van der Waals surface area (Å²) in [6.45, 7) is 23.6. The van der Waals surface area contributed by atoms with Crippen LogP contribution in [0.5, 0.6) is 0 Å². The molecule has 0 aromatic carbocycles. The summed E-state index contributed by atoms with van der Waals surface area (Å²) < 4.78 is 41.1. The molecule has 0 radical (unpaired) electrons. The largest absolute Gasteiger partial charge is 0.756 e. The molecule has 816 valence electrons. The van der Waals surface area contributed by atoms with Gasteiger partial charge in [-0.15, -0.1) is 0 Å². The van der Waals surface area contributed by atoms with Gasteiger partial charge in [0.05, 0.1) is 24.7 Å². The Labute approximate surface area is 863 Å². The van der Waals surface area contributed by atoms with E-state index in [1.165, 1.54) is 451 Å². The van der Waals surface area contributed by atoms with Gasteiger partial charge in [-0.25, -0.2) is 0 Å². The Kier molecular flexibility index (Phi) is 90.8. The first-order valence-corrected chi connectivity index (χ1v) is 62.3. The number of aliphatic hydroxyl groups is 4. The summed E-state index contributed by atoms with van der Waals surface area (Å²) in [5.41, 5.74) is 9.47. The molecule has 12 atom stereocenters. The third-order valence-electron chi connectivity index (χ3n) is 31.2. The Balaban J connectivity index is 1.63. The van der Waals surface area contributed by atoms with Crippen molar-refractivity contribution >= 4 is 13.8 Å². The molecule has 0 aromatic heterocycles. The van der Waals surface area contributed by atoms with Crippen molar-refractivity contribution in [3.8, 4) is 0 Å². The number of carbonyl (C=O) groups is 1. The number of esters is 1. The van der Waals surface area contributed by atoms with Gasteiger partial charge in [-0.2, -0.15) is 0 Å². The van der Waals surface area contributed by atoms with Crippen LogP contribution in [0.3, 0.4) is 0 Å². The van der Waals surface area contributed by atoms with Crippen LogP contribution in [-0.2, 0) is 32.6 Å². The molecule has 12 nitrogen and oxygen atoms in total. The van der Waals surface area contributed by atoms with E-state index in [1.54, 1.807) is 6.08 Å². The van der Waals surface area contributed by atoms with Crippen molar-refractivity contribution < 1.29 is 57.9 Å². The second-order valence-electron chi connectivity index (χ2n) is 45.2. The van der Waals surface area contributed by atoms with Crippen molar-refractivity contribution in [1.29, 1.82) is 0 Å². The Bertz CT molecular complexity index is 3030. The van der Waals surface area contributed by atoms with E-state index in [9.17, 15) is 34.7 Å². The topological polar surface area (TPSA) is 184 Å². The van der Waals surface area contributed by atoms with E-state index in [4.69, 9.17) is 23.3 Å². The first kappa shape index (κ1) is 133. The molecular formula is C126H234O12P-. The quantitative estimate of drug-likeness (QED) is 0.0196. The van der Waals surface area contributed by atoms with Crippen LogP contribution in [0.1, 0.15) is 628 Å². The molecule has 0 amide bonds. The van der Waals surface area contributed by atoms with Gasteiger partial charge in [0.25, 0.3) is 7.82 Å². The molecule has 0 spiro atoms. The van der Waals surface area contributed by atoms with Crippen LogP contribution < -0.4 is 4.89 Å². The lowest BCUT2D eigenvalue weighted by molar-refractivity contribution is -0.305. The van der Waals surface area contributed by atoms with Crippen molar-refractivity contribution in [2.45, 2.75) is 671 Å². The fourth-order valence-corrected chi connectivity index (χ4v) is 21.9. The predicted octanol–water partition coefficient (Wildman–Crippen LogP) is 38.9. The zero-order valence-electron chi connectivity index (χ0n) is 94.1. The lowest BCUT2D eigenvalue weighted by Crippen LogP contribution is -2.59. The normalized spacial score (nSPS) is 18.8. The SMILES string of the molecule is CCCCCCCCCCCCCCCCCCCCCCCCC(C(=O)OC[C@H]1O[C@H](OP(=O)([O-])OC/C=C(\C)CC/C=C(\C)CC/C=C(\C)CC/C=C(\C)CC/C=C(\C)CC/C=C(\C)CCC=C(C)C)[C@@H](O)[C@@H](O)[C@@H]1O)[C@H](O)CCCCCCCCCCCCCCCCCC1CC1CCCCCCCCCCCCCCCCC(OC)C(C)CCCCCCCCCCCCCCCCCC. The number of phosphoric acid groups is 1. The first-order valence-electron chi connectivity index (χ1n) is 60.9. The van der Waals surface area contributed by atoms with Gasteiger partial charge in [-0.05, 0) is 182 Å². The minimum absolute atomic E-state index is 0.308. The molecule has 6 unspecified atom stereocenters. The fraction of sp³-hybridized carbons (Fsp3) is 0.881. The molecular weight excluding hydrogens is 1740 g/mol. The molecule has 2 fully saturated rings. The number of rotatable bonds is 104. The zero-order chi connectivity index (χ0) is 101. The highest BCUT2D eigenvalue weighted by atomic mass is 31.2. The van der Waals surface area contributed by atoms with Crippen LogP contribution >= 0.6 is 7.82 Å². The number of ether oxygens (including phenoxy) is 3. The van der Waals surface area contributed by atoms with Gasteiger partial charge < -0.3 is 44.1 Å². The van der Waals surface area contributed by atoms with Crippen molar-refractivity contribution in [3.63, 3.8) is 0 Å². The highest BCUT2D eigenvalue weighted by molar-refractivity contribution is 7.45. The van der Waals surface area contributed by atoms with Crippen molar-refractivity contribution in [1.82, 2.24) is 0 Å². The second-order valence-corrected chi connectivity index (χ2v) is 46.6. The molecule has 0 bridgehead atoms. The second kappa shape index (κ2) is 95.2. The van der Waals surface area contributed by atoms with Gasteiger partial charge in [0, 0.05) is 7.11 Å². The molecule has 2 aliphatic rings. The van der Waals surface area contributed by atoms with Crippen LogP contribution in [0.25, 0.3) is 0 Å². The molecule has 1 heterocycles. The van der Waals surface area contributed by atoms with Gasteiger partial charge in [-0.3, -0.25) is 13.9 Å². The summed E-state index contributed by atoms with van der Waals surface area (Å²) in [5, 5.41) is 44.6. The van der Waals surface area contributed by atoms with Gasteiger partial charge in [0.1, 0.15) is 31.0 Å². The molecule has 2 rings (SSSR count). The number of aliphatic hydroxyl groups excluding tert-OH is 4. The summed E-state index contributed by atoms with van der Waals surface area (Å²) in [7, 11) is -3.16. The van der Waals surface area contributed by atoms with Gasteiger partial charge in [0.2, 0.25) is 0 Å². The molecule has 139 heavy (non-hydrogen) atoms. The third kappa shape index (κ3) is 82.1. The van der Waals surface area contributed by atoms with Crippen molar-refractivity contribution in [3.05, 3.63) is 81.5 Å². The summed E-state index contributed by atoms with van der Waals surface area (Å²) in [5.74, 6) is 1.36. The summed E-state index contributed by atoms with van der Waals surface area (Å²) >= 11 is 0. The van der Waals surface area contributed by atoms with E-state index < -0.39 is 63.1 Å². The smallest absolute Gasteiger partial charge is 0.311 e. The maximum atomic E-state index is 14.1. The molecule has 1 saturated carbocycles. The van der Waals surface area contributed by atoms with E-state index in [2.05, 4.69) is 106 Å². The van der Waals surface area contributed by atoms with E-state index in [1.807, 2.05) is 14.0 Å². The Morgan fingerprint density at radius 2 is 0.619 bits per heavy atom. The zero-order valence-corrected chi connectivity index (χ0v) is 95.0. The number of carbonyl (C=O) groups excluding carboxylic acids is 1. The Morgan fingerprint density at radius 1 is 0.353 bits per heavy atom. The summed E-state index contributed by atoms with van der Waals surface area (Å²) in [4.78, 5) is 27.3. The van der Waals surface area contributed by atoms with E-state index in [0.717, 1.165) is 133 Å². The highest BCUT2D eigenvalue weighted by Crippen LogP contribution is 2.46. The summed E-state index contributed by atoms with van der Waals surface area (Å²) in [6, 6.07) is 0. The Morgan fingerprint density at radius 3 is 0.921 bits per heavy atom. The van der Waals surface area contributed by atoms with Gasteiger partial charge >= 0.3 is 5.97 Å².